The van der Waals surface area contributed by atoms with E-state index in [2.05, 4.69) is 24.1 Å². The van der Waals surface area contributed by atoms with Crippen molar-refractivity contribution in [3.8, 4) is 5.75 Å². The highest BCUT2D eigenvalue weighted by Gasteiger charge is 2.12. The van der Waals surface area contributed by atoms with Crippen molar-refractivity contribution >= 4 is 17.7 Å². The SMILES string of the molecule is CCOC(=O)c1ccnc(NC(=O)COc2cc(C)ccc2C(C)C)c1. The van der Waals surface area contributed by atoms with Crippen LogP contribution in [0.4, 0.5) is 5.82 Å². The van der Waals surface area contributed by atoms with Crippen LogP contribution >= 0.6 is 0 Å². The van der Waals surface area contributed by atoms with Crippen molar-refractivity contribution in [1.29, 1.82) is 0 Å². The van der Waals surface area contributed by atoms with E-state index in [4.69, 9.17) is 9.47 Å². The molecule has 0 unspecified atom stereocenters. The van der Waals surface area contributed by atoms with E-state index < -0.39 is 5.97 Å². The first-order chi connectivity index (χ1) is 12.4. The van der Waals surface area contributed by atoms with Crippen LogP contribution in [0.2, 0.25) is 0 Å². The first kappa shape index (κ1) is 19.4. The Morgan fingerprint density at radius 3 is 2.65 bits per heavy atom. The Hall–Kier alpha value is -2.89. The van der Waals surface area contributed by atoms with Crippen LogP contribution in [0.5, 0.6) is 5.75 Å². The molecule has 2 rings (SSSR count). The fraction of sp³-hybridized carbons (Fsp3) is 0.350. The molecular formula is C20H24N2O4. The molecule has 0 radical (unpaired) electrons. The lowest BCUT2D eigenvalue weighted by molar-refractivity contribution is -0.118. The number of carbonyl (C=O) groups excluding carboxylic acids is 2. The maximum Gasteiger partial charge on any atom is 0.338 e. The van der Waals surface area contributed by atoms with Gasteiger partial charge in [-0.3, -0.25) is 4.79 Å². The first-order valence-corrected chi connectivity index (χ1v) is 8.57. The summed E-state index contributed by atoms with van der Waals surface area (Å²) in [6, 6.07) is 8.96. The summed E-state index contributed by atoms with van der Waals surface area (Å²) in [7, 11) is 0. The Kier molecular flexibility index (Phi) is 6.72. The zero-order valence-electron chi connectivity index (χ0n) is 15.5. The summed E-state index contributed by atoms with van der Waals surface area (Å²) in [6.45, 7) is 7.99. The minimum Gasteiger partial charge on any atom is -0.483 e. The molecule has 1 heterocycles. The summed E-state index contributed by atoms with van der Waals surface area (Å²) in [6.07, 6.45) is 1.44. The number of esters is 1. The molecule has 0 spiro atoms. The first-order valence-electron chi connectivity index (χ1n) is 8.57. The third-order valence-electron chi connectivity index (χ3n) is 3.69. The number of nitrogens with zero attached hydrogens (tertiary/aromatic N) is 1. The molecule has 1 aromatic heterocycles. The van der Waals surface area contributed by atoms with Gasteiger partial charge in [0.15, 0.2) is 6.61 Å². The Labute approximate surface area is 153 Å². The number of aromatic nitrogens is 1. The van der Waals surface area contributed by atoms with Crippen LogP contribution in [0.25, 0.3) is 0 Å². The van der Waals surface area contributed by atoms with Crippen molar-refractivity contribution in [2.24, 2.45) is 0 Å². The summed E-state index contributed by atoms with van der Waals surface area (Å²) in [4.78, 5) is 27.9. The van der Waals surface area contributed by atoms with Crippen molar-refractivity contribution in [1.82, 2.24) is 4.98 Å². The van der Waals surface area contributed by atoms with E-state index in [1.807, 2.05) is 25.1 Å². The van der Waals surface area contributed by atoms with Gasteiger partial charge in [-0.25, -0.2) is 9.78 Å². The zero-order valence-corrected chi connectivity index (χ0v) is 15.5. The molecule has 0 fully saturated rings. The van der Waals surface area contributed by atoms with Gasteiger partial charge in [0.05, 0.1) is 12.2 Å². The molecule has 26 heavy (non-hydrogen) atoms. The highest BCUT2D eigenvalue weighted by molar-refractivity contribution is 5.94. The number of nitrogens with one attached hydrogen (secondary N) is 1. The van der Waals surface area contributed by atoms with Gasteiger partial charge in [0.25, 0.3) is 5.91 Å². The molecule has 0 saturated carbocycles. The summed E-state index contributed by atoms with van der Waals surface area (Å²) in [5, 5.41) is 2.63. The molecule has 138 valence electrons. The monoisotopic (exact) mass is 356 g/mol. The number of aryl methyl sites for hydroxylation is 1. The highest BCUT2D eigenvalue weighted by atomic mass is 16.5. The van der Waals surface area contributed by atoms with E-state index >= 15 is 0 Å². The van der Waals surface area contributed by atoms with Crippen LogP contribution in [0.3, 0.4) is 0 Å². The molecule has 1 aromatic carbocycles. The van der Waals surface area contributed by atoms with Crippen molar-refractivity contribution in [2.75, 3.05) is 18.5 Å². The van der Waals surface area contributed by atoms with Gasteiger partial charge in [0.1, 0.15) is 11.6 Å². The number of ether oxygens (including phenoxy) is 2. The number of pyridine rings is 1. The van der Waals surface area contributed by atoms with Gasteiger partial charge in [-0.05, 0) is 49.1 Å². The topological polar surface area (TPSA) is 77.5 Å². The van der Waals surface area contributed by atoms with Crippen molar-refractivity contribution in [2.45, 2.75) is 33.6 Å². The molecule has 0 bridgehead atoms. The summed E-state index contributed by atoms with van der Waals surface area (Å²) >= 11 is 0. The fourth-order valence-electron chi connectivity index (χ4n) is 2.41. The van der Waals surface area contributed by atoms with Crippen LogP contribution in [0.15, 0.2) is 36.5 Å². The highest BCUT2D eigenvalue weighted by Crippen LogP contribution is 2.27. The lowest BCUT2D eigenvalue weighted by Crippen LogP contribution is -2.21. The summed E-state index contributed by atoms with van der Waals surface area (Å²) in [5.74, 6) is 0.454. The minimum absolute atomic E-state index is 0.144. The molecule has 1 N–H and O–H groups in total. The second-order valence-corrected chi connectivity index (χ2v) is 6.18. The number of amides is 1. The molecule has 0 saturated heterocycles. The van der Waals surface area contributed by atoms with Crippen LogP contribution in [-0.4, -0.2) is 30.1 Å². The van der Waals surface area contributed by atoms with E-state index in [1.165, 1.54) is 18.3 Å². The van der Waals surface area contributed by atoms with Crippen molar-refractivity contribution in [3.05, 3.63) is 53.2 Å². The number of carbonyl (C=O) groups is 2. The maximum absolute atomic E-state index is 12.2. The molecule has 2 aromatic rings. The van der Waals surface area contributed by atoms with Crippen LogP contribution < -0.4 is 10.1 Å². The standard InChI is InChI=1S/C20H24N2O4/c1-5-25-20(24)15-8-9-21-18(11-15)22-19(23)12-26-17-10-14(4)6-7-16(17)13(2)3/h6-11,13H,5,12H2,1-4H3,(H,21,22,23). The quantitative estimate of drug-likeness (QED) is 0.765. The number of rotatable bonds is 7. The molecule has 0 aliphatic rings. The Bertz CT molecular complexity index is 787. The fourth-order valence-corrected chi connectivity index (χ4v) is 2.41. The predicted octanol–water partition coefficient (Wildman–Crippen LogP) is 3.71. The molecule has 0 aliphatic carbocycles. The third kappa shape index (κ3) is 5.31. The van der Waals surface area contributed by atoms with Gasteiger partial charge >= 0.3 is 5.97 Å². The third-order valence-corrected chi connectivity index (χ3v) is 3.69. The van der Waals surface area contributed by atoms with E-state index in [1.54, 1.807) is 6.92 Å². The van der Waals surface area contributed by atoms with Crippen molar-refractivity contribution in [3.63, 3.8) is 0 Å². The number of benzene rings is 1. The molecular weight excluding hydrogens is 332 g/mol. The van der Waals surface area contributed by atoms with Crippen molar-refractivity contribution < 1.29 is 19.1 Å². The smallest absolute Gasteiger partial charge is 0.338 e. The van der Waals surface area contributed by atoms with E-state index in [0.717, 1.165) is 11.1 Å². The average molecular weight is 356 g/mol. The van der Waals surface area contributed by atoms with Gasteiger partial charge < -0.3 is 14.8 Å². The molecule has 6 nitrogen and oxygen atoms in total. The summed E-state index contributed by atoms with van der Waals surface area (Å²) in [5.41, 5.74) is 2.44. The minimum atomic E-state index is -0.456. The van der Waals surface area contributed by atoms with Gasteiger partial charge in [0, 0.05) is 6.20 Å². The largest absolute Gasteiger partial charge is 0.483 e. The molecule has 6 heteroatoms. The second kappa shape index (κ2) is 8.99. The van der Waals surface area contributed by atoms with Gasteiger partial charge in [-0.2, -0.15) is 0 Å². The zero-order chi connectivity index (χ0) is 19.1. The number of hydrogen-bond donors (Lipinski definition) is 1. The normalized spacial score (nSPS) is 10.5. The van der Waals surface area contributed by atoms with Gasteiger partial charge in [0.2, 0.25) is 0 Å². The number of anilines is 1. The maximum atomic E-state index is 12.2. The van der Waals surface area contributed by atoms with Crippen LogP contribution in [0.1, 0.15) is 48.2 Å². The van der Waals surface area contributed by atoms with E-state index in [-0.39, 0.29) is 30.9 Å². The lowest BCUT2D eigenvalue weighted by atomic mass is 10.0. The molecule has 0 aliphatic heterocycles. The van der Waals surface area contributed by atoms with Gasteiger partial charge in [-0.15, -0.1) is 0 Å². The van der Waals surface area contributed by atoms with Crippen LogP contribution in [-0.2, 0) is 9.53 Å². The van der Waals surface area contributed by atoms with Gasteiger partial charge in [-0.1, -0.05) is 26.0 Å². The summed E-state index contributed by atoms with van der Waals surface area (Å²) < 4.78 is 10.6. The predicted molar refractivity (Wildman–Crippen MR) is 99.6 cm³/mol. The van der Waals surface area contributed by atoms with E-state index in [9.17, 15) is 9.59 Å². The Morgan fingerprint density at radius 2 is 1.96 bits per heavy atom. The molecule has 0 atom stereocenters. The average Bonchev–Trinajstić information content (AvgIpc) is 2.60. The van der Waals surface area contributed by atoms with Crippen LogP contribution in [0, 0.1) is 6.92 Å². The Morgan fingerprint density at radius 1 is 1.19 bits per heavy atom. The number of hydrogen-bond acceptors (Lipinski definition) is 5. The van der Waals surface area contributed by atoms with E-state index in [0.29, 0.717) is 11.3 Å². The second-order valence-electron chi connectivity index (χ2n) is 6.18. The lowest BCUT2D eigenvalue weighted by Gasteiger charge is -2.14. The molecule has 1 amide bonds. The Balaban J connectivity index is 2.01.